The second kappa shape index (κ2) is 7.42. The summed E-state index contributed by atoms with van der Waals surface area (Å²) in [4.78, 5) is 20.8. The largest absolute Gasteiger partial charge is 0.308 e. The van der Waals surface area contributed by atoms with Crippen molar-refractivity contribution >= 4 is 22.5 Å². The lowest BCUT2D eigenvalue weighted by atomic mass is 9.95. The van der Waals surface area contributed by atoms with Gasteiger partial charge in [-0.25, -0.2) is 4.98 Å². The number of rotatable bonds is 2. The van der Waals surface area contributed by atoms with Crippen molar-refractivity contribution in [1.29, 1.82) is 0 Å². The van der Waals surface area contributed by atoms with Crippen LogP contribution in [0.25, 0.3) is 22.2 Å². The van der Waals surface area contributed by atoms with E-state index in [1.54, 1.807) is 0 Å². The van der Waals surface area contributed by atoms with Crippen molar-refractivity contribution in [2.75, 3.05) is 11.4 Å². The maximum absolute atomic E-state index is 13.9. The molecule has 1 aliphatic rings. The first-order valence-corrected chi connectivity index (χ1v) is 10.5. The quantitative estimate of drug-likeness (QED) is 0.412. The van der Waals surface area contributed by atoms with Crippen LogP contribution in [-0.4, -0.2) is 17.4 Å². The fourth-order valence-corrected chi connectivity index (χ4v) is 4.45. The van der Waals surface area contributed by atoms with Gasteiger partial charge in [-0.1, -0.05) is 66.2 Å². The summed E-state index contributed by atoms with van der Waals surface area (Å²) in [5.41, 5.74) is 7.95. The Morgan fingerprint density at radius 2 is 1.63 bits per heavy atom. The lowest BCUT2D eigenvalue weighted by molar-refractivity contribution is 0.0986. The summed E-state index contributed by atoms with van der Waals surface area (Å²) >= 11 is 0. The van der Waals surface area contributed by atoms with E-state index in [2.05, 4.69) is 49.4 Å². The number of fused-ring (bicyclic) bond motifs is 2. The molecule has 5 rings (SSSR count). The zero-order chi connectivity index (χ0) is 20.7. The minimum absolute atomic E-state index is 0.0617. The Balaban J connectivity index is 1.72. The zero-order valence-corrected chi connectivity index (χ0v) is 17.4. The van der Waals surface area contributed by atoms with Crippen molar-refractivity contribution in [3.05, 3.63) is 95.1 Å². The van der Waals surface area contributed by atoms with Crippen LogP contribution in [0.1, 0.15) is 33.5 Å². The van der Waals surface area contributed by atoms with E-state index in [0.717, 1.165) is 58.4 Å². The maximum atomic E-state index is 13.9. The van der Waals surface area contributed by atoms with E-state index >= 15 is 0 Å². The van der Waals surface area contributed by atoms with Gasteiger partial charge in [-0.15, -0.1) is 0 Å². The van der Waals surface area contributed by atoms with E-state index in [1.165, 1.54) is 11.1 Å². The van der Waals surface area contributed by atoms with Crippen LogP contribution < -0.4 is 4.90 Å². The SMILES string of the molecule is Cc1ccc(-c2nc3ccccc3c(C(=O)N3CCCc4ccccc43)c2C)cc1. The summed E-state index contributed by atoms with van der Waals surface area (Å²) in [6, 6.07) is 24.6. The average molecular weight is 393 g/mol. The van der Waals surface area contributed by atoms with Crippen molar-refractivity contribution in [3.63, 3.8) is 0 Å². The molecule has 3 heteroatoms. The van der Waals surface area contributed by atoms with Gasteiger partial charge in [-0.2, -0.15) is 0 Å². The Morgan fingerprint density at radius 1 is 0.900 bits per heavy atom. The number of pyridine rings is 1. The molecule has 1 aromatic heterocycles. The molecule has 0 fully saturated rings. The fourth-order valence-electron chi connectivity index (χ4n) is 4.45. The number of nitrogens with zero attached hydrogens (tertiary/aromatic N) is 2. The number of aromatic nitrogens is 1. The number of aryl methyl sites for hydroxylation is 2. The van der Waals surface area contributed by atoms with Gasteiger partial charge in [-0.05, 0) is 49.9 Å². The zero-order valence-electron chi connectivity index (χ0n) is 17.4. The number of amides is 1. The Bertz CT molecular complexity index is 1260. The maximum Gasteiger partial charge on any atom is 0.259 e. The highest BCUT2D eigenvalue weighted by Crippen LogP contribution is 2.34. The van der Waals surface area contributed by atoms with Crippen LogP contribution in [0.2, 0.25) is 0 Å². The molecule has 148 valence electrons. The number of para-hydroxylation sites is 2. The fraction of sp³-hybridized carbons (Fsp3) is 0.185. The summed E-state index contributed by atoms with van der Waals surface area (Å²) < 4.78 is 0. The van der Waals surface area contributed by atoms with Crippen LogP contribution in [-0.2, 0) is 6.42 Å². The highest BCUT2D eigenvalue weighted by molar-refractivity contribution is 6.15. The molecule has 1 aliphatic heterocycles. The predicted molar refractivity (Wildman–Crippen MR) is 123 cm³/mol. The van der Waals surface area contributed by atoms with E-state index in [4.69, 9.17) is 4.98 Å². The molecule has 2 heterocycles. The highest BCUT2D eigenvalue weighted by Gasteiger charge is 2.27. The number of carbonyl (C=O) groups excluding carboxylic acids is 1. The smallest absolute Gasteiger partial charge is 0.259 e. The van der Waals surface area contributed by atoms with Gasteiger partial charge in [-0.3, -0.25) is 4.79 Å². The third-order valence-electron chi connectivity index (χ3n) is 6.03. The Kier molecular flexibility index (Phi) is 4.59. The molecular formula is C27H24N2O. The Morgan fingerprint density at radius 3 is 2.47 bits per heavy atom. The van der Waals surface area contributed by atoms with E-state index in [1.807, 2.05) is 42.2 Å². The van der Waals surface area contributed by atoms with E-state index in [-0.39, 0.29) is 5.91 Å². The van der Waals surface area contributed by atoms with Crippen LogP contribution >= 0.6 is 0 Å². The summed E-state index contributed by atoms with van der Waals surface area (Å²) in [6.45, 7) is 4.84. The summed E-state index contributed by atoms with van der Waals surface area (Å²) in [5.74, 6) is 0.0617. The number of hydrogen-bond acceptors (Lipinski definition) is 2. The van der Waals surface area contributed by atoms with Crippen LogP contribution in [0.15, 0.2) is 72.8 Å². The Hall–Kier alpha value is -3.46. The molecular weight excluding hydrogens is 368 g/mol. The topological polar surface area (TPSA) is 33.2 Å². The summed E-state index contributed by atoms with van der Waals surface area (Å²) in [7, 11) is 0. The van der Waals surface area contributed by atoms with E-state index in [9.17, 15) is 4.79 Å². The van der Waals surface area contributed by atoms with Gasteiger partial charge in [0.25, 0.3) is 5.91 Å². The first-order valence-electron chi connectivity index (χ1n) is 10.5. The molecule has 0 aliphatic carbocycles. The van der Waals surface area contributed by atoms with Crippen LogP contribution in [0.4, 0.5) is 5.69 Å². The number of anilines is 1. The third kappa shape index (κ3) is 3.07. The van der Waals surface area contributed by atoms with Crippen LogP contribution in [0, 0.1) is 13.8 Å². The summed E-state index contributed by atoms with van der Waals surface area (Å²) in [5, 5.41) is 0.916. The number of hydrogen-bond donors (Lipinski definition) is 0. The second-order valence-corrected chi connectivity index (χ2v) is 8.03. The molecule has 0 atom stereocenters. The van der Waals surface area contributed by atoms with Crippen molar-refractivity contribution in [2.45, 2.75) is 26.7 Å². The first kappa shape index (κ1) is 18.6. The van der Waals surface area contributed by atoms with Gasteiger partial charge >= 0.3 is 0 Å². The summed E-state index contributed by atoms with van der Waals surface area (Å²) in [6.07, 6.45) is 2.00. The first-order chi connectivity index (χ1) is 14.6. The molecule has 0 radical (unpaired) electrons. The molecule has 3 nitrogen and oxygen atoms in total. The number of benzene rings is 3. The molecule has 3 aromatic carbocycles. The van der Waals surface area contributed by atoms with Crippen molar-refractivity contribution in [2.24, 2.45) is 0 Å². The van der Waals surface area contributed by atoms with E-state index < -0.39 is 0 Å². The van der Waals surface area contributed by atoms with Crippen molar-refractivity contribution in [3.8, 4) is 11.3 Å². The van der Waals surface area contributed by atoms with E-state index in [0.29, 0.717) is 0 Å². The molecule has 4 aromatic rings. The minimum Gasteiger partial charge on any atom is -0.308 e. The second-order valence-electron chi connectivity index (χ2n) is 8.03. The minimum atomic E-state index is 0.0617. The van der Waals surface area contributed by atoms with Gasteiger partial charge in [0.05, 0.1) is 16.8 Å². The third-order valence-corrected chi connectivity index (χ3v) is 6.03. The van der Waals surface area contributed by atoms with Gasteiger partial charge in [0.15, 0.2) is 0 Å². The molecule has 0 spiro atoms. The molecule has 0 N–H and O–H groups in total. The molecule has 0 unspecified atom stereocenters. The standard InChI is InChI=1S/C27H24N2O/c1-18-13-15-21(16-14-18)26-19(2)25(22-10-4-5-11-23(22)28-26)27(30)29-17-7-9-20-8-3-6-12-24(20)29/h3-6,8,10-16H,7,9,17H2,1-2H3. The van der Waals surface area contributed by atoms with Gasteiger partial charge in [0.1, 0.15) is 0 Å². The monoisotopic (exact) mass is 392 g/mol. The highest BCUT2D eigenvalue weighted by atomic mass is 16.2. The molecule has 1 amide bonds. The predicted octanol–water partition coefficient (Wildman–Crippen LogP) is 6.11. The van der Waals surface area contributed by atoms with Gasteiger partial charge in [0.2, 0.25) is 0 Å². The average Bonchev–Trinajstić information content (AvgIpc) is 2.78. The lowest BCUT2D eigenvalue weighted by Gasteiger charge is -2.30. The molecule has 0 saturated heterocycles. The molecule has 0 saturated carbocycles. The van der Waals surface area contributed by atoms with Crippen LogP contribution in [0.5, 0.6) is 0 Å². The van der Waals surface area contributed by atoms with Gasteiger partial charge in [0, 0.05) is 23.2 Å². The van der Waals surface area contributed by atoms with Crippen LogP contribution in [0.3, 0.4) is 0 Å². The van der Waals surface area contributed by atoms with Crippen molar-refractivity contribution < 1.29 is 4.79 Å². The number of carbonyl (C=O) groups is 1. The lowest BCUT2D eigenvalue weighted by Crippen LogP contribution is -2.36. The normalized spacial score (nSPS) is 13.3. The Labute approximate surface area is 177 Å². The molecule has 0 bridgehead atoms. The molecule has 30 heavy (non-hydrogen) atoms. The van der Waals surface area contributed by atoms with Crippen molar-refractivity contribution in [1.82, 2.24) is 4.98 Å². The van der Waals surface area contributed by atoms with Gasteiger partial charge < -0.3 is 4.90 Å².